The Bertz CT molecular complexity index is 1630. The van der Waals surface area contributed by atoms with Gasteiger partial charge in [-0.15, -0.1) is 0 Å². The minimum atomic E-state index is -3.51. The van der Waals surface area contributed by atoms with Gasteiger partial charge in [0.1, 0.15) is 33.4 Å². The largest absolute Gasteiger partial charge is 0.465 e. The predicted molar refractivity (Wildman–Crippen MR) is 145 cm³/mol. The third kappa shape index (κ3) is 5.74. The van der Waals surface area contributed by atoms with Crippen LogP contribution in [0.5, 0.6) is 0 Å². The van der Waals surface area contributed by atoms with Gasteiger partial charge in [-0.3, -0.25) is 4.79 Å². The number of halogens is 3. The molecule has 2 aliphatic heterocycles. The second kappa shape index (κ2) is 11.0. The topological polar surface area (TPSA) is 145 Å². The van der Waals surface area contributed by atoms with Crippen LogP contribution in [0.2, 0.25) is 0 Å². The van der Waals surface area contributed by atoms with Crippen LogP contribution in [0.4, 0.5) is 23.8 Å². The van der Waals surface area contributed by atoms with Crippen molar-refractivity contribution < 1.29 is 31.5 Å². The predicted octanol–water partition coefficient (Wildman–Crippen LogP) is 4.40. The van der Waals surface area contributed by atoms with Crippen molar-refractivity contribution in [3.8, 4) is 0 Å². The van der Waals surface area contributed by atoms with E-state index in [0.29, 0.717) is 23.8 Å². The first-order valence-electron chi connectivity index (χ1n) is 13.4. The second-order valence-electron chi connectivity index (χ2n) is 10.7. The van der Waals surface area contributed by atoms with Crippen molar-refractivity contribution in [2.75, 3.05) is 29.9 Å². The number of alkyl halides is 2. The average molecular weight is 594 g/mol. The zero-order valence-corrected chi connectivity index (χ0v) is 23.1. The molecule has 1 amide bonds. The molecule has 10 nitrogen and oxygen atoms in total. The highest BCUT2D eigenvalue weighted by Crippen LogP contribution is 2.43. The molecule has 1 aromatic carbocycles. The van der Waals surface area contributed by atoms with Gasteiger partial charge in [-0.1, -0.05) is 18.2 Å². The fourth-order valence-corrected chi connectivity index (χ4v) is 7.22. The molecule has 0 bridgehead atoms. The molecule has 0 spiro atoms. The molecule has 0 radical (unpaired) electrons. The van der Waals surface area contributed by atoms with Crippen molar-refractivity contribution in [1.82, 2.24) is 19.9 Å². The molecule has 0 saturated carbocycles. The molecule has 0 aliphatic carbocycles. The molecule has 2 fully saturated rings. The lowest BCUT2D eigenvalue weighted by molar-refractivity contribution is -0.0861. The number of H-pyrrole nitrogens is 1. The maximum atomic E-state index is 15.7. The van der Waals surface area contributed by atoms with Gasteiger partial charge >= 0.3 is 6.09 Å². The number of aromatic amines is 1. The van der Waals surface area contributed by atoms with E-state index in [0.717, 1.165) is 11.0 Å². The number of nitrogens with zero attached hydrogens (tertiary/aromatic N) is 3. The second-order valence-corrected chi connectivity index (χ2v) is 13.0. The van der Waals surface area contributed by atoms with Crippen molar-refractivity contribution in [3.05, 3.63) is 63.5 Å². The Hall–Kier alpha value is -3.68. The van der Waals surface area contributed by atoms with E-state index in [9.17, 15) is 18.0 Å². The molecule has 3 aromatic rings. The molecule has 0 unspecified atom stereocenters. The van der Waals surface area contributed by atoms with E-state index >= 15 is 13.2 Å². The summed E-state index contributed by atoms with van der Waals surface area (Å²) in [7, 11) is -3.13. The van der Waals surface area contributed by atoms with Gasteiger partial charge in [0, 0.05) is 30.1 Å². The summed E-state index contributed by atoms with van der Waals surface area (Å²) in [6, 6.07) is 4.61. The van der Waals surface area contributed by atoms with Gasteiger partial charge in [-0.25, -0.2) is 36.4 Å². The fourth-order valence-electron chi connectivity index (χ4n) is 5.73. The first-order valence-corrected chi connectivity index (χ1v) is 15.2. The van der Waals surface area contributed by atoms with Crippen LogP contribution in [0.3, 0.4) is 0 Å². The van der Waals surface area contributed by atoms with Crippen LogP contribution >= 0.6 is 0 Å². The highest BCUT2D eigenvalue weighted by Gasteiger charge is 2.45. The number of hydrogen-bond acceptors (Lipinski definition) is 7. The molecular formula is C27H30F3N5O5S. The number of sulfone groups is 1. The van der Waals surface area contributed by atoms with Crippen LogP contribution in [0.25, 0.3) is 11.0 Å². The number of amides is 1. The lowest BCUT2D eigenvalue weighted by Crippen LogP contribution is -2.42. The standard InChI is InChI=1S/C27H30F3N5O5S/c1-15(18-3-2-4-21(22(18)28)27(29,30)17-5-9-35(10-6-17)26(37)38)33-23-20-13-19(16-7-11-41(39,40)12-8-16)25(36)34-24(20)32-14-31-23/h2-4,13-17H,5-12H2,1H3,(H,37,38)(H2,31,32,33,34,36)/t15-/m1/s1. The van der Waals surface area contributed by atoms with Crippen molar-refractivity contribution in [1.29, 1.82) is 0 Å². The summed E-state index contributed by atoms with van der Waals surface area (Å²) in [6.45, 7) is 1.50. The highest BCUT2D eigenvalue weighted by molar-refractivity contribution is 7.91. The van der Waals surface area contributed by atoms with E-state index in [1.165, 1.54) is 18.5 Å². The minimum Gasteiger partial charge on any atom is -0.465 e. The number of benzene rings is 1. The zero-order chi connectivity index (χ0) is 29.5. The monoisotopic (exact) mass is 593 g/mol. The zero-order valence-electron chi connectivity index (χ0n) is 22.2. The lowest BCUT2D eigenvalue weighted by atomic mass is 9.85. The number of likely N-dealkylation sites (tertiary alicyclic amines) is 1. The summed E-state index contributed by atoms with van der Waals surface area (Å²) < 4.78 is 70.4. The van der Waals surface area contributed by atoms with Gasteiger partial charge in [0.15, 0.2) is 0 Å². The van der Waals surface area contributed by atoms with E-state index in [-0.39, 0.29) is 65.9 Å². The van der Waals surface area contributed by atoms with E-state index in [4.69, 9.17) is 5.11 Å². The maximum Gasteiger partial charge on any atom is 0.407 e. The summed E-state index contributed by atoms with van der Waals surface area (Å²) in [5, 5.41) is 12.6. The third-order valence-corrected chi connectivity index (χ3v) is 9.87. The number of carboxylic acid groups (broad SMARTS) is 1. The number of piperidine rings is 1. The number of hydrogen-bond donors (Lipinski definition) is 3. The smallest absolute Gasteiger partial charge is 0.407 e. The molecule has 2 aliphatic rings. The number of pyridine rings is 1. The van der Waals surface area contributed by atoms with Gasteiger partial charge in [0.2, 0.25) is 0 Å². The van der Waals surface area contributed by atoms with E-state index in [1.54, 1.807) is 13.0 Å². The Morgan fingerprint density at radius 3 is 2.51 bits per heavy atom. The van der Waals surface area contributed by atoms with Crippen LogP contribution < -0.4 is 10.9 Å². The van der Waals surface area contributed by atoms with Crippen LogP contribution in [0, 0.1) is 11.7 Å². The Labute approximate surface area is 233 Å². The van der Waals surface area contributed by atoms with Crippen molar-refractivity contribution in [2.45, 2.75) is 50.5 Å². The van der Waals surface area contributed by atoms with Gasteiger partial charge in [-0.05, 0) is 44.6 Å². The highest BCUT2D eigenvalue weighted by atomic mass is 32.2. The first-order chi connectivity index (χ1) is 19.4. The number of nitrogens with one attached hydrogen (secondary N) is 2. The van der Waals surface area contributed by atoms with E-state index in [1.807, 2.05) is 0 Å². The Balaban J connectivity index is 1.41. The molecule has 4 heterocycles. The van der Waals surface area contributed by atoms with Crippen molar-refractivity contribution in [3.63, 3.8) is 0 Å². The lowest BCUT2D eigenvalue weighted by Gasteiger charge is -2.35. The molecule has 41 heavy (non-hydrogen) atoms. The van der Waals surface area contributed by atoms with Gasteiger partial charge in [0.05, 0.1) is 28.5 Å². The number of carbonyl (C=O) groups is 1. The van der Waals surface area contributed by atoms with Gasteiger partial charge in [0.25, 0.3) is 11.5 Å². The molecule has 14 heteroatoms. The van der Waals surface area contributed by atoms with Crippen LogP contribution in [-0.2, 0) is 15.8 Å². The quantitative estimate of drug-likeness (QED) is 0.381. The molecular weight excluding hydrogens is 563 g/mol. The molecule has 2 aromatic heterocycles. The number of aromatic nitrogens is 3. The third-order valence-electron chi connectivity index (χ3n) is 8.16. The van der Waals surface area contributed by atoms with Crippen LogP contribution in [-0.4, -0.2) is 64.1 Å². The van der Waals surface area contributed by atoms with Gasteiger partial charge < -0.3 is 20.3 Å². The summed E-state index contributed by atoms with van der Waals surface area (Å²) in [5.41, 5.74) is -0.516. The van der Waals surface area contributed by atoms with Crippen molar-refractivity contribution in [2.24, 2.45) is 5.92 Å². The molecule has 1 atom stereocenters. The van der Waals surface area contributed by atoms with E-state index < -0.39 is 45.2 Å². The van der Waals surface area contributed by atoms with Crippen LogP contribution in [0.1, 0.15) is 61.3 Å². The number of rotatable bonds is 6. The maximum absolute atomic E-state index is 15.7. The average Bonchev–Trinajstić information content (AvgIpc) is 2.93. The van der Waals surface area contributed by atoms with Crippen LogP contribution in [0.15, 0.2) is 35.4 Å². The normalized spacial score (nSPS) is 19.3. The Morgan fingerprint density at radius 1 is 1.17 bits per heavy atom. The van der Waals surface area contributed by atoms with E-state index in [2.05, 4.69) is 20.3 Å². The molecule has 3 N–H and O–H groups in total. The van der Waals surface area contributed by atoms with Crippen molar-refractivity contribution >= 4 is 32.8 Å². The minimum absolute atomic E-state index is 0.0124. The Kier molecular flexibility index (Phi) is 7.70. The summed E-state index contributed by atoms with van der Waals surface area (Å²) in [5.74, 6) is -5.82. The summed E-state index contributed by atoms with van der Waals surface area (Å²) in [6.07, 6.45) is 0.496. The SMILES string of the molecule is C[C@@H](Nc1ncnc2[nH]c(=O)c(C3CCS(=O)(=O)CC3)cc12)c1cccc(C(F)(F)C2CCN(C(=O)O)CC2)c1F. The molecule has 220 valence electrons. The first kappa shape index (κ1) is 28.8. The Morgan fingerprint density at radius 2 is 1.85 bits per heavy atom. The fraction of sp³-hybridized carbons (Fsp3) is 0.481. The summed E-state index contributed by atoms with van der Waals surface area (Å²) >= 11 is 0. The van der Waals surface area contributed by atoms with Gasteiger partial charge in [-0.2, -0.15) is 0 Å². The number of fused-ring (bicyclic) bond motifs is 1. The summed E-state index contributed by atoms with van der Waals surface area (Å²) in [4.78, 5) is 36.1. The molecule has 5 rings (SSSR count). The number of anilines is 1. The molecule has 2 saturated heterocycles.